The molecule has 2 amide bonds. The second-order valence-corrected chi connectivity index (χ2v) is 7.12. The fourth-order valence-corrected chi connectivity index (χ4v) is 3.35. The van der Waals surface area contributed by atoms with E-state index in [2.05, 4.69) is 17.4 Å². The topological polar surface area (TPSA) is 49.4 Å². The Bertz CT molecular complexity index is 786. The Morgan fingerprint density at radius 1 is 1.12 bits per heavy atom. The van der Waals surface area contributed by atoms with Crippen molar-refractivity contribution in [1.29, 1.82) is 0 Å². The normalized spacial score (nSPS) is 16.8. The molecule has 1 heterocycles. The fraction of sp³-hybridized carbons (Fsp3) is 0.364. The van der Waals surface area contributed by atoms with Crippen LogP contribution in [0.15, 0.2) is 48.5 Å². The van der Waals surface area contributed by atoms with Gasteiger partial charge in [-0.25, -0.2) is 0 Å². The smallest absolute Gasteiger partial charge is 0.229 e. The molecule has 1 unspecified atom stereocenters. The van der Waals surface area contributed by atoms with Crippen LogP contribution in [0.4, 0.5) is 5.69 Å². The Balaban J connectivity index is 1.50. The van der Waals surface area contributed by atoms with Gasteiger partial charge in [0.2, 0.25) is 11.8 Å². The maximum absolute atomic E-state index is 12.5. The summed E-state index contributed by atoms with van der Waals surface area (Å²) in [6, 6.07) is 16.2. The highest BCUT2D eigenvalue weighted by Crippen LogP contribution is 2.21. The standard InChI is InChI=1S/C22H26N2O2/c1-16-10-11-20(13-17(16)2)23-22(26)19-14-21(25)24(15-19)12-6-9-18-7-4-3-5-8-18/h3-5,7-8,10-11,13,19H,6,9,12,14-15H2,1-2H3,(H,23,26). The van der Waals surface area contributed by atoms with Crippen molar-refractivity contribution in [2.24, 2.45) is 5.92 Å². The van der Waals surface area contributed by atoms with Gasteiger partial charge < -0.3 is 10.2 Å². The molecule has 3 rings (SSSR count). The summed E-state index contributed by atoms with van der Waals surface area (Å²) in [4.78, 5) is 26.6. The number of nitrogens with one attached hydrogen (secondary N) is 1. The number of benzene rings is 2. The lowest BCUT2D eigenvalue weighted by Gasteiger charge is -2.16. The van der Waals surface area contributed by atoms with Crippen LogP contribution in [0.2, 0.25) is 0 Å². The summed E-state index contributed by atoms with van der Waals surface area (Å²) in [6.45, 7) is 5.30. The predicted molar refractivity (Wildman–Crippen MR) is 104 cm³/mol. The largest absolute Gasteiger partial charge is 0.342 e. The number of rotatable bonds is 6. The molecule has 4 heteroatoms. The van der Waals surface area contributed by atoms with E-state index in [0.717, 1.165) is 24.1 Å². The van der Waals surface area contributed by atoms with Crippen molar-refractivity contribution < 1.29 is 9.59 Å². The molecule has 2 aromatic rings. The molecule has 0 aromatic heterocycles. The van der Waals surface area contributed by atoms with Crippen molar-refractivity contribution in [2.45, 2.75) is 33.1 Å². The summed E-state index contributed by atoms with van der Waals surface area (Å²) >= 11 is 0. The number of hydrogen-bond acceptors (Lipinski definition) is 2. The van der Waals surface area contributed by atoms with E-state index in [4.69, 9.17) is 0 Å². The van der Waals surface area contributed by atoms with E-state index in [-0.39, 0.29) is 17.7 Å². The molecule has 136 valence electrons. The zero-order chi connectivity index (χ0) is 18.5. The molecule has 0 spiro atoms. The SMILES string of the molecule is Cc1ccc(NC(=O)C2CC(=O)N(CCCc3ccccc3)C2)cc1C. The molecule has 0 bridgehead atoms. The first-order valence-electron chi connectivity index (χ1n) is 9.23. The van der Waals surface area contributed by atoms with Crippen LogP contribution in [0.3, 0.4) is 0 Å². The monoisotopic (exact) mass is 350 g/mol. The van der Waals surface area contributed by atoms with E-state index < -0.39 is 0 Å². The van der Waals surface area contributed by atoms with Crippen molar-refractivity contribution in [3.63, 3.8) is 0 Å². The summed E-state index contributed by atoms with van der Waals surface area (Å²) in [5, 5.41) is 2.96. The Labute approximate surface area is 155 Å². The Hall–Kier alpha value is -2.62. The highest BCUT2D eigenvalue weighted by Gasteiger charge is 2.33. The molecule has 1 fully saturated rings. The van der Waals surface area contributed by atoms with Gasteiger partial charge in [-0.2, -0.15) is 0 Å². The number of aryl methyl sites for hydroxylation is 3. The van der Waals surface area contributed by atoms with Gasteiger partial charge in [-0.3, -0.25) is 9.59 Å². The molecular formula is C22H26N2O2. The zero-order valence-corrected chi connectivity index (χ0v) is 15.5. The van der Waals surface area contributed by atoms with E-state index in [9.17, 15) is 9.59 Å². The van der Waals surface area contributed by atoms with Crippen LogP contribution in [-0.2, 0) is 16.0 Å². The van der Waals surface area contributed by atoms with Crippen molar-refractivity contribution >= 4 is 17.5 Å². The number of hydrogen-bond donors (Lipinski definition) is 1. The van der Waals surface area contributed by atoms with Crippen LogP contribution in [0.1, 0.15) is 29.5 Å². The fourth-order valence-electron chi connectivity index (χ4n) is 3.35. The number of anilines is 1. The molecule has 1 aliphatic rings. The van der Waals surface area contributed by atoms with Gasteiger partial charge in [0, 0.05) is 25.2 Å². The lowest BCUT2D eigenvalue weighted by atomic mass is 10.1. The van der Waals surface area contributed by atoms with Crippen LogP contribution < -0.4 is 5.32 Å². The molecule has 1 saturated heterocycles. The lowest BCUT2D eigenvalue weighted by molar-refractivity contribution is -0.128. The maximum atomic E-state index is 12.5. The third-order valence-electron chi connectivity index (χ3n) is 5.10. The van der Waals surface area contributed by atoms with Gasteiger partial charge in [-0.05, 0) is 55.5 Å². The first-order valence-corrected chi connectivity index (χ1v) is 9.23. The highest BCUT2D eigenvalue weighted by atomic mass is 16.2. The number of carbonyl (C=O) groups excluding carboxylic acids is 2. The predicted octanol–water partition coefficient (Wildman–Crippen LogP) is 3.72. The minimum atomic E-state index is -0.263. The summed E-state index contributed by atoms with van der Waals surface area (Å²) in [5.74, 6) is -0.244. The quantitative estimate of drug-likeness (QED) is 0.863. The molecule has 0 aliphatic carbocycles. The number of amides is 2. The summed E-state index contributed by atoms with van der Waals surface area (Å²) < 4.78 is 0. The number of nitrogens with zero attached hydrogens (tertiary/aromatic N) is 1. The summed E-state index contributed by atoms with van der Waals surface area (Å²) in [7, 11) is 0. The molecule has 1 aliphatic heterocycles. The van der Waals surface area contributed by atoms with Crippen LogP contribution in [0.5, 0.6) is 0 Å². The molecule has 1 N–H and O–H groups in total. The Morgan fingerprint density at radius 2 is 1.88 bits per heavy atom. The van der Waals surface area contributed by atoms with Gasteiger partial charge in [0.25, 0.3) is 0 Å². The van der Waals surface area contributed by atoms with Gasteiger partial charge in [-0.1, -0.05) is 36.4 Å². The van der Waals surface area contributed by atoms with Crippen molar-refractivity contribution in [3.8, 4) is 0 Å². The van der Waals surface area contributed by atoms with Crippen LogP contribution in [0, 0.1) is 19.8 Å². The van der Waals surface area contributed by atoms with Crippen LogP contribution in [0.25, 0.3) is 0 Å². The van der Waals surface area contributed by atoms with Gasteiger partial charge in [0.1, 0.15) is 0 Å². The number of likely N-dealkylation sites (tertiary alicyclic amines) is 1. The summed E-state index contributed by atoms with van der Waals surface area (Å²) in [6.07, 6.45) is 2.17. The van der Waals surface area contributed by atoms with Gasteiger partial charge in [0.15, 0.2) is 0 Å². The van der Waals surface area contributed by atoms with E-state index >= 15 is 0 Å². The Kier molecular flexibility index (Phi) is 5.71. The minimum Gasteiger partial charge on any atom is -0.342 e. The highest BCUT2D eigenvalue weighted by molar-refractivity contribution is 5.97. The van der Waals surface area contributed by atoms with E-state index in [1.807, 2.05) is 55.1 Å². The molecule has 1 atom stereocenters. The third kappa shape index (κ3) is 4.51. The second-order valence-electron chi connectivity index (χ2n) is 7.12. The first kappa shape index (κ1) is 18.2. The van der Waals surface area contributed by atoms with Gasteiger partial charge >= 0.3 is 0 Å². The lowest BCUT2D eigenvalue weighted by Crippen LogP contribution is -2.29. The van der Waals surface area contributed by atoms with E-state index in [0.29, 0.717) is 19.5 Å². The third-order valence-corrected chi connectivity index (χ3v) is 5.10. The van der Waals surface area contributed by atoms with E-state index in [1.54, 1.807) is 0 Å². The van der Waals surface area contributed by atoms with Crippen molar-refractivity contribution in [2.75, 3.05) is 18.4 Å². The number of carbonyl (C=O) groups is 2. The molecular weight excluding hydrogens is 324 g/mol. The minimum absolute atomic E-state index is 0.0628. The van der Waals surface area contributed by atoms with Crippen molar-refractivity contribution in [1.82, 2.24) is 4.90 Å². The van der Waals surface area contributed by atoms with Gasteiger partial charge in [-0.15, -0.1) is 0 Å². The molecule has 0 saturated carbocycles. The molecule has 26 heavy (non-hydrogen) atoms. The van der Waals surface area contributed by atoms with Crippen LogP contribution >= 0.6 is 0 Å². The first-order chi connectivity index (χ1) is 12.5. The van der Waals surface area contributed by atoms with Crippen molar-refractivity contribution in [3.05, 3.63) is 65.2 Å². The average Bonchev–Trinajstić information content (AvgIpc) is 3.00. The second kappa shape index (κ2) is 8.17. The Morgan fingerprint density at radius 3 is 2.62 bits per heavy atom. The van der Waals surface area contributed by atoms with E-state index in [1.165, 1.54) is 11.1 Å². The molecule has 0 radical (unpaired) electrons. The van der Waals surface area contributed by atoms with Gasteiger partial charge in [0.05, 0.1) is 5.92 Å². The maximum Gasteiger partial charge on any atom is 0.229 e. The average molecular weight is 350 g/mol. The molecule has 4 nitrogen and oxygen atoms in total. The summed E-state index contributed by atoms with van der Waals surface area (Å²) in [5.41, 5.74) is 4.42. The zero-order valence-electron chi connectivity index (χ0n) is 15.5. The molecule has 2 aromatic carbocycles. The van der Waals surface area contributed by atoms with Crippen LogP contribution in [-0.4, -0.2) is 29.8 Å².